The average molecular weight is 436 g/mol. The van der Waals surface area contributed by atoms with E-state index in [-0.39, 0.29) is 16.9 Å². The molecule has 1 aliphatic heterocycles. The molecule has 1 aromatic carbocycles. The Morgan fingerprint density at radius 1 is 1.20 bits per heavy atom. The van der Waals surface area contributed by atoms with E-state index in [1.54, 1.807) is 12.1 Å². The number of primary sulfonamides is 1. The molecule has 8 nitrogen and oxygen atoms in total. The van der Waals surface area contributed by atoms with Crippen molar-refractivity contribution in [1.29, 1.82) is 0 Å². The predicted octanol–water partition coefficient (Wildman–Crippen LogP) is 1.22. The lowest BCUT2D eigenvalue weighted by atomic mass is 10.1. The van der Waals surface area contributed by atoms with E-state index in [2.05, 4.69) is 15.6 Å². The van der Waals surface area contributed by atoms with Gasteiger partial charge >= 0.3 is 0 Å². The number of nitrogens with zero attached hydrogens (tertiary/aromatic N) is 2. The molecular formula is C21H33N5O3S. The first kappa shape index (κ1) is 22.6. The monoisotopic (exact) mass is 435 g/mol. The molecule has 4 N–H and O–H groups in total. The third-order valence-corrected chi connectivity index (χ3v) is 6.74. The van der Waals surface area contributed by atoms with Crippen LogP contribution in [0.2, 0.25) is 0 Å². The van der Waals surface area contributed by atoms with Crippen molar-refractivity contribution < 1.29 is 13.2 Å². The number of amides is 1. The maximum atomic E-state index is 12.6. The number of nitrogens with two attached hydrogens (primary N) is 1. The van der Waals surface area contributed by atoms with Gasteiger partial charge in [0.15, 0.2) is 5.96 Å². The molecule has 0 spiro atoms. The predicted molar refractivity (Wildman–Crippen MR) is 118 cm³/mol. The molecule has 3 rings (SSSR count). The van der Waals surface area contributed by atoms with Crippen molar-refractivity contribution in [2.45, 2.75) is 56.4 Å². The van der Waals surface area contributed by atoms with Crippen LogP contribution in [0.5, 0.6) is 0 Å². The Balaban J connectivity index is 1.50. The Hall–Kier alpha value is -2.13. The van der Waals surface area contributed by atoms with Crippen LogP contribution in [0.15, 0.2) is 34.2 Å². The molecule has 166 valence electrons. The minimum atomic E-state index is -3.67. The zero-order chi connectivity index (χ0) is 21.6. The van der Waals surface area contributed by atoms with Gasteiger partial charge in [0.2, 0.25) is 15.9 Å². The lowest BCUT2D eigenvalue weighted by Gasteiger charge is -2.21. The fourth-order valence-corrected chi connectivity index (χ4v) is 4.68. The molecule has 1 aromatic rings. The molecule has 0 bridgehead atoms. The summed E-state index contributed by atoms with van der Waals surface area (Å²) in [4.78, 5) is 19.4. The van der Waals surface area contributed by atoms with Crippen LogP contribution in [-0.2, 0) is 21.2 Å². The van der Waals surface area contributed by atoms with E-state index in [0.29, 0.717) is 18.9 Å². The summed E-state index contributed by atoms with van der Waals surface area (Å²) in [6.07, 6.45) is 6.05. The Morgan fingerprint density at radius 2 is 1.90 bits per heavy atom. The van der Waals surface area contributed by atoms with E-state index in [1.807, 2.05) is 11.8 Å². The Morgan fingerprint density at radius 3 is 2.53 bits per heavy atom. The van der Waals surface area contributed by atoms with E-state index in [4.69, 9.17) is 5.14 Å². The van der Waals surface area contributed by atoms with Crippen LogP contribution in [0.4, 0.5) is 0 Å². The quantitative estimate of drug-likeness (QED) is 0.440. The number of nitrogens with one attached hydrogen (secondary N) is 2. The van der Waals surface area contributed by atoms with Gasteiger partial charge in [-0.2, -0.15) is 0 Å². The molecule has 0 aromatic heterocycles. The highest BCUT2D eigenvalue weighted by Gasteiger charge is 2.32. The summed E-state index contributed by atoms with van der Waals surface area (Å²) < 4.78 is 22.7. The van der Waals surface area contributed by atoms with Gasteiger partial charge in [-0.1, -0.05) is 25.0 Å². The SMILES string of the molecule is CCNC(=NCCc1ccc(S(N)(=O)=O)cc1)NC1CCN(C(=O)C2CCCC2)C1. The normalized spacial score (nSPS) is 20.5. The van der Waals surface area contributed by atoms with Crippen molar-refractivity contribution in [3.8, 4) is 0 Å². The zero-order valence-electron chi connectivity index (χ0n) is 17.6. The topological polar surface area (TPSA) is 117 Å². The van der Waals surface area contributed by atoms with E-state index in [0.717, 1.165) is 50.4 Å². The second-order valence-corrected chi connectivity index (χ2v) is 9.66. The Bertz CT molecular complexity index is 848. The van der Waals surface area contributed by atoms with Gasteiger partial charge in [-0.3, -0.25) is 9.79 Å². The van der Waals surface area contributed by atoms with Gasteiger partial charge in [-0.25, -0.2) is 13.6 Å². The van der Waals surface area contributed by atoms with Crippen molar-refractivity contribution in [1.82, 2.24) is 15.5 Å². The smallest absolute Gasteiger partial charge is 0.238 e. The fourth-order valence-electron chi connectivity index (χ4n) is 4.17. The summed E-state index contributed by atoms with van der Waals surface area (Å²) in [5.74, 6) is 1.30. The Labute approximate surface area is 179 Å². The molecule has 2 aliphatic rings. The number of hydrogen-bond acceptors (Lipinski definition) is 4. The maximum Gasteiger partial charge on any atom is 0.238 e. The van der Waals surface area contributed by atoms with E-state index in [1.165, 1.54) is 25.0 Å². The van der Waals surface area contributed by atoms with Gasteiger partial charge in [0.1, 0.15) is 0 Å². The average Bonchev–Trinajstić information content (AvgIpc) is 3.40. The largest absolute Gasteiger partial charge is 0.357 e. The van der Waals surface area contributed by atoms with Crippen LogP contribution in [0.1, 0.15) is 44.6 Å². The molecule has 1 saturated carbocycles. The maximum absolute atomic E-state index is 12.6. The third kappa shape index (κ3) is 6.18. The van der Waals surface area contributed by atoms with Gasteiger partial charge in [-0.15, -0.1) is 0 Å². The van der Waals surface area contributed by atoms with Crippen molar-refractivity contribution in [2.75, 3.05) is 26.2 Å². The summed E-state index contributed by atoms with van der Waals surface area (Å²) in [5.41, 5.74) is 0.996. The first-order valence-electron chi connectivity index (χ1n) is 10.8. The van der Waals surface area contributed by atoms with E-state index >= 15 is 0 Å². The van der Waals surface area contributed by atoms with E-state index in [9.17, 15) is 13.2 Å². The number of carbonyl (C=O) groups is 1. The van der Waals surface area contributed by atoms with Gasteiger partial charge < -0.3 is 15.5 Å². The van der Waals surface area contributed by atoms with Crippen LogP contribution >= 0.6 is 0 Å². The molecule has 30 heavy (non-hydrogen) atoms. The number of carbonyl (C=O) groups excluding carboxylic acids is 1. The highest BCUT2D eigenvalue weighted by Crippen LogP contribution is 2.27. The second-order valence-electron chi connectivity index (χ2n) is 8.10. The summed E-state index contributed by atoms with van der Waals surface area (Å²) >= 11 is 0. The van der Waals surface area contributed by atoms with Gasteiger partial charge in [0, 0.05) is 38.1 Å². The van der Waals surface area contributed by atoms with E-state index < -0.39 is 10.0 Å². The van der Waals surface area contributed by atoms with Crippen LogP contribution in [-0.4, -0.2) is 57.4 Å². The molecular weight excluding hydrogens is 402 g/mol. The Kier molecular flexibility index (Phi) is 7.71. The standard InChI is InChI=1S/C21H33N5O3S/c1-2-23-21(24-13-11-16-7-9-19(10-8-16)30(22,28)29)25-18-12-14-26(15-18)20(27)17-5-3-4-6-17/h7-10,17-18H,2-6,11-15H2,1H3,(H2,22,28,29)(H2,23,24,25). The molecule has 1 aliphatic carbocycles. The lowest BCUT2D eigenvalue weighted by Crippen LogP contribution is -2.45. The third-order valence-electron chi connectivity index (χ3n) is 5.81. The molecule has 1 heterocycles. The van der Waals surface area contributed by atoms with Crippen molar-refractivity contribution >= 4 is 21.9 Å². The first-order valence-corrected chi connectivity index (χ1v) is 12.4. The number of aliphatic imine (C=N–C) groups is 1. The fraction of sp³-hybridized carbons (Fsp3) is 0.619. The number of likely N-dealkylation sites (tertiary alicyclic amines) is 1. The van der Waals surface area contributed by atoms with Crippen LogP contribution < -0.4 is 15.8 Å². The zero-order valence-corrected chi connectivity index (χ0v) is 18.5. The summed E-state index contributed by atoms with van der Waals surface area (Å²) in [6, 6.07) is 6.78. The summed E-state index contributed by atoms with van der Waals surface area (Å²) in [6.45, 7) is 4.89. The highest BCUT2D eigenvalue weighted by atomic mass is 32.2. The number of sulfonamides is 1. The first-order chi connectivity index (χ1) is 14.4. The molecule has 9 heteroatoms. The number of rotatable bonds is 7. The number of hydrogen-bond donors (Lipinski definition) is 3. The molecule has 1 unspecified atom stereocenters. The molecule has 1 saturated heterocycles. The number of benzene rings is 1. The highest BCUT2D eigenvalue weighted by molar-refractivity contribution is 7.89. The summed E-state index contributed by atoms with van der Waals surface area (Å²) in [7, 11) is -3.67. The molecule has 0 radical (unpaired) electrons. The van der Waals surface area contributed by atoms with Crippen molar-refractivity contribution in [2.24, 2.45) is 16.0 Å². The minimum absolute atomic E-state index is 0.114. The van der Waals surface area contributed by atoms with Crippen LogP contribution in [0.3, 0.4) is 0 Å². The molecule has 2 fully saturated rings. The van der Waals surface area contributed by atoms with Crippen LogP contribution in [0, 0.1) is 5.92 Å². The molecule has 1 atom stereocenters. The van der Waals surface area contributed by atoms with Gasteiger partial charge in [0.25, 0.3) is 0 Å². The van der Waals surface area contributed by atoms with Crippen molar-refractivity contribution in [3.63, 3.8) is 0 Å². The molecule has 1 amide bonds. The van der Waals surface area contributed by atoms with Crippen molar-refractivity contribution in [3.05, 3.63) is 29.8 Å². The minimum Gasteiger partial charge on any atom is -0.357 e. The van der Waals surface area contributed by atoms with Gasteiger partial charge in [0.05, 0.1) is 4.90 Å². The summed E-state index contributed by atoms with van der Waals surface area (Å²) in [5, 5.41) is 11.9. The van der Waals surface area contributed by atoms with Crippen LogP contribution in [0.25, 0.3) is 0 Å². The second kappa shape index (κ2) is 10.3. The number of guanidine groups is 1. The lowest BCUT2D eigenvalue weighted by molar-refractivity contribution is -0.134. The van der Waals surface area contributed by atoms with Gasteiger partial charge in [-0.05, 0) is 50.3 Å².